The molecule has 2 rings (SSSR count). The van der Waals surface area contributed by atoms with Crippen LogP contribution in [0.5, 0.6) is 0 Å². The Morgan fingerprint density at radius 3 is 2.08 bits per heavy atom. The molecule has 1 aromatic carbocycles. The molecule has 54 valence electrons. The Morgan fingerprint density at radius 1 is 1.08 bits per heavy atom. The van der Waals surface area contributed by atoms with Crippen molar-refractivity contribution in [3.8, 4) is 0 Å². The van der Waals surface area contributed by atoms with Gasteiger partial charge in [0.15, 0.2) is 0 Å². The van der Waals surface area contributed by atoms with Gasteiger partial charge in [-0.2, -0.15) is 0 Å². The molecule has 12 heavy (non-hydrogen) atoms. The first kappa shape index (κ1) is 13.1. The van der Waals surface area contributed by atoms with E-state index in [1.165, 1.54) is 5.56 Å². The molecule has 0 bridgehead atoms. The first-order valence-corrected chi connectivity index (χ1v) is 3.30. The van der Waals surface area contributed by atoms with Crippen LogP contribution in [0.1, 0.15) is 11.7 Å². The summed E-state index contributed by atoms with van der Waals surface area (Å²) >= 11 is 0. The minimum atomic E-state index is 0. The van der Waals surface area contributed by atoms with Crippen LogP contribution < -0.4 is 0 Å². The van der Waals surface area contributed by atoms with Crippen molar-refractivity contribution < 1.29 is 9.78 Å². The summed E-state index contributed by atoms with van der Waals surface area (Å²) in [5.74, 6) is 0. The van der Waals surface area contributed by atoms with Gasteiger partial charge in [-0.05, 0) is 5.56 Å². The Morgan fingerprint density at radius 2 is 1.67 bits per heavy atom. The molecule has 1 unspecified atom stereocenters. The predicted molar refractivity (Wildman–Crippen MR) is 47.7 cm³/mol. The maximum absolute atomic E-state index is 4.82. The first-order valence-electron chi connectivity index (χ1n) is 3.30. The summed E-state index contributed by atoms with van der Waals surface area (Å²) in [6, 6.07) is 10.1. The Bertz CT molecular complexity index is 212. The molecule has 1 aliphatic heterocycles. The second-order valence-corrected chi connectivity index (χ2v) is 2.28. The van der Waals surface area contributed by atoms with Crippen LogP contribution in [0, 0.1) is 0 Å². The third-order valence-corrected chi connectivity index (χ3v) is 1.57. The van der Waals surface area contributed by atoms with Gasteiger partial charge in [-0.3, -0.25) is 0 Å². The van der Waals surface area contributed by atoms with Crippen molar-refractivity contribution in [1.29, 1.82) is 0 Å². The smallest absolute Gasteiger partial charge is 0.144 e. The molecule has 1 aliphatic rings. The number of benzene rings is 1. The largest absolute Gasteiger partial charge is 0.233 e. The molecule has 0 amide bonds. The zero-order valence-corrected chi connectivity index (χ0v) is 11.5. The molecule has 2 radical (unpaired) electrons. The van der Waals surface area contributed by atoms with Gasteiger partial charge >= 0.3 is 0 Å². The van der Waals surface area contributed by atoms with E-state index >= 15 is 0 Å². The number of hydrogen-bond acceptors (Lipinski definition) is 2. The Hall–Kier alpha value is 1.14. The summed E-state index contributed by atoms with van der Waals surface area (Å²) in [6.07, 6.45) is 0.168. The molecule has 1 heterocycles. The van der Waals surface area contributed by atoms with Gasteiger partial charge in [0.1, 0.15) is 12.7 Å². The zero-order valence-electron chi connectivity index (χ0n) is 7.49. The molecule has 4 heteroatoms. The van der Waals surface area contributed by atoms with E-state index in [0.29, 0.717) is 6.61 Å². The standard InChI is InChI=1S/C8H8O2.2Na/c1-2-4-7(5-3-1)8-6-9-10-8;;/h1-5,8H,6H2;;. The summed E-state index contributed by atoms with van der Waals surface area (Å²) in [6.45, 7) is 0.685. The molecule has 1 saturated heterocycles. The topological polar surface area (TPSA) is 18.5 Å². The van der Waals surface area contributed by atoms with Crippen molar-refractivity contribution in [2.75, 3.05) is 6.61 Å². The molecule has 1 aromatic rings. The van der Waals surface area contributed by atoms with Gasteiger partial charge in [-0.1, -0.05) is 30.3 Å². The maximum atomic E-state index is 4.82. The summed E-state index contributed by atoms with van der Waals surface area (Å²) in [5.41, 5.74) is 1.19. The van der Waals surface area contributed by atoms with Crippen molar-refractivity contribution in [3.63, 3.8) is 0 Å². The zero-order chi connectivity index (χ0) is 6.81. The average molecular weight is 182 g/mol. The van der Waals surface area contributed by atoms with Crippen LogP contribution in [-0.2, 0) is 9.78 Å². The third-order valence-electron chi connectivity index (χ3n) is 1.57. The normalized spacial score (nSPS) is 19.8. The monoisotopic (exact) mass is 182 g/mol. The van der Waals surface area contributed by atoms with Gasteiger partial charge in [0.2, 0.25) is 0 Å². The van der Waals surface area contributed by atoms with Gasteiger partial charge in [0, 0.05) is 59.1 Å². The van der Waals surface area contributed by atoms with Crippen LogP contribution in [0.4, 0.5) is 0 Å². The minimum absolute atomic E-state index is 0. The summed E-state index contributed by atoms with van der Waals surface area (Å²) in [4.78, 5) is 9.41. The van der Waals surface area contributed by atoms with Crippen molar-refractivity contribution in [1.82, 2.24) is 0 Å². The third kappa shape index (κ3) is 3.13. The van der Waals surface area contributed by atoms with Crippen LogP contribution in [0.2, 0.25) is 0 Å². The fourth-order valence-corrected chi connectivity index (χ4v) is 0.956. The van der Waals surface area contributed by atoms with Crippen molar-refractivity contribution >= 4 is 59.1 Å². The van der Waals surface area contributed by atoms with Gasteiger partial charge in [0.05, 0.1) is 0 Å². The Balaban J connectivity index is 0.000000605. The van der Waals surface area contributed by atoms with Gasteiger partial charge < -0.3 is 0 Å². The quantitative estimate of drug-likeness (QED) is 0.475. The molecule has 0 aromatic heterocycles. The Labute approximate surface area is 116 Å². The molecule has 0 aliphatic carbocycles. The van der Waals surface area contributed by atoms with Crippen molar-refractivity contribution in [3.05, 3.63) is 35.9 Å². The van der Waals surface area contributed by atoms with Gasteiger partial charge in [0.25, 0.3) is 0 Å². The average Bonchev–Trinajstić information content (AvgIpc) is 1.86. The van der Waals surface area contributed by atoms with E-state index in [1.807, 2.05) is 30.3 Å². The van der Waals surface area contributed by atoms with E-state index in [9.17, 15) is 0 Å². The molecular weight excluding hydrogens is 174 g/mol. The number of rotatable bonds is 1. The van der Waals surface area contributed by atoms with Crippen molar-refractivity contribution in [2.45, 2.75) is 6.10 Å². The van der Waals surface area contributed by atoms with Crippen LogP contribution in [0.15, 0.2) is 30.3 Å². The van der Waals surface area contributed by atoms with Crippen LogP contribution in [0.3, 0.4) is 0 Å². The van der Waals surface area contributed by atoms with Crippen LogP contribution in [0.25, 0.3) is 0 Å². The molecule has 2 nitrogen and oxygen atoms in total. The second-order valence-electron chi connectivity index (χ2n) is 2.28. The molecule has 0 N–H and O–H groups in total. The molecule has 1 atom stereocenters. The fraction of sp³-hybridized carbons (Fsp3) is 0.250. The van der Waals surface area contributed by atoms with Crippen LogP contribution >= 0.6 is 0 Å². The molecular formula is C8H8Na2O2. The molecule has 1 fully saturated rings. The van der Waals surface area contributed by atoms with E-state index in [-0.39, 0.29) is 65.2 Å². The summed E-state index contributed by atoms with van der Waals surface area (Å²) in [5, 5.41) is 0. The predicted octanol–water partition coefficient (Wildman–Crippen LogP) is 0.928. The van der Waals surface area contributed by atoms with E-state index < -0.39 is 0 Å². The fourth-order valence-electron chi connectivity index (χ4n) is 0.956. The summed E-state index contributed by atoms with van der Waals surface area (Å²) < 4.78 is 0. The van der Waals surface area contributed by atoms with E-state index in [4.69, 9.17) is 4.89 Å². The van der Waals surface area contributed by atoms with Crippen molar-refractivity contribution in [2.24, 2.45) is 0 Å². The second kappa shape index (κ2) is 6.57. The van der Waals surface area contributed by atoms with Crippen LogP contribution in [-0.4, -0.2) is 65.7 Å². The summed E-state index contributed by atoms with van der Waals surface area (Å²) in [7, 11) is 0. The minimum Gasteiger partial charge on any atom is -0.233 e. The first-order chi connectivity index (χ1) is 4.97. The number of hydrogen-bond donors (Lipinski definition) is 0. The maximum Gasteiger partial charge on any atom is 0.144 e. The molecule has 0 spiro atoms. The molecule has 0 saturated carbocycles. The van der Waals surface area contributed by atoms with Gasteiger partial charge in [-0.15, -0.1) is 0 Å². The Kier molecular flexibility index (Phi) is 7.20. The van der Waals surface area contributed by atoms with E-state index in [0.717, 1.165) is 0 Å². The van der Waals surface area contributed by atoms with E-state index in [2.05, 4.69) is 4.89 Å². The van der Waals surface area contributed by atoms with E-state index in [1.54, 1.807) is 0 Å². The SMILES string of the molecule is [Na].[Na].c1ccc(C2COO2)cc1. The van der Waals surface area contributed by atoms with Gasteiger partial charge in [-0.25, -0.2) is 9.78 Å².